The van der Waals surface area contributed by atoms with E-state index in [0.717, 1.165) is 6.07 Å². The largest absolute Gasteiger partial charge is 0.416 e. The van der Waals surface area contributed by atoms with E-state index in [2.05, 4.69) is 5.32 Å². The molecule has 0 saturated heterocycles. The van der Waals surface area contributed by atoms with Crippen molar-refractivity contribution in [1.82, 2.24) is 0 Å². The lowest BCUT2D eigenvalue weighted by molar-refractivity contribution is -0.137. The monoisotopic (exact) mass is 321 g/mol. The summed E-state index contributed by atoms with van der Waals surface area (Å²) in [6.45, 7) is -0.190. The summed E-state index contributed by atoms with van der Waals surface area (Å²) in [5.74, 6) is -1.44. The highest BCUT2D eigenvalue weighted by Gasteiger charge is 2.31. The molecule has 2 aromatic carbocycles. The van der Waals surface area contributed by atoms with E-state index in [0.29, 0.717) is 18.2 Å². The molecule has 0 radical (unpaired) electrons. The number of alkyl halides is 3. The minimum Gasteiger partial charge on any atom is -0.378 e. The Morgan fingerprint density at radius 1 is 0.952 bits per heavy atom. The van der Waals surface area contributed by atoms with Gasteiger partial charge in [-0.2, -0.15) is 13.2 Å². The van der Waals surface area contributed by atoms with Crippen LogP contribution in [0.25, 0.3) is 0 Å². The highest BCUT2D eigenvalue weighted by Crippen LogP contribution is 2.32. The quantitative estimate of drug-likeness (QED) is 0.761. The molecule has 0 aromatic heterocycles. The summed E-state index contributed by atoms with van der Waals surface area (Å²) in [6.07, 6.45) is -4.58. The Labute approximate surface area is 122 Å². The smallest absolute Gasteiger partial charge is 0.378 e. The van der Waals surface area contributed by atoms with Gasteiger partial charge in [0.05, 0.1) is 11.3 Å². The van der Waals surface area contributed by atoms with Crippen LogP contribution < -0.4 is 5.32 Å². The molecule has 0 aliphatic carbocycles. The number of hydrogen-bond donors (Lipinski definition) is 1. The minimum atomic E-state index is -4.58. The molecule has 0 bridgehead atoms. The lowest BCUT2D eigenvalue weighted by Crippen LogP contribution is -2.08. The molecule has 0 atom stereocenters. The van der Waals surface area contributed by atoms with Crippen LogP contribution in [0, 0.1) is 11.6 Å². The summed E-state index contributed by atoms with van der Waals surface area (Å²) >= 11 is 5.70. The molecule has 0 heterocycles. The van der Waals surface area contributed by atoms with Gasteiger partial charge in [-0.25, -0.2) is 8.78 Å². The zero-order valence-electron chi connectivity index (χ0n) is 10.4. The second-order valence-electron chi connectivity index (χ2n) is 4.28. The Hall–Kier alpha value is -1.82. The highest BCUT2D eigenvalue weighted by molar-refractivity contribution is 6.30. The van der Waals surface area contributed by atoms with Crippen molar-refractivity contribution in [2.75, 3.05) is 5.32 Å². The van der Waals surface area contributed by atoms with Gasteiger partial charge in [0.25, 0.3) is 0 Å². The Morgan fingerprint density at radius 3 is 2.29 bits per heavy atom. The van der Waals surface area contributed by atoms with Crippen molar-refractivity contribution >= 4 is 17.3 Å². The van der Waals surface area contributed by atoms with Crippen LogP contribution in [0.15, 0.2) is 36.4 Å². The average Bonchev–Trinajstić information content (AvgIpc) is 2.40. The van der Waals surface area contributed by atoms with Crippen molar-refractivity contribution in [3.05, 3.63) is 64.2 Å². The summed E-state index contributed by atoms with van der Waals surface area (Å²) < 4.78 is 64.6. The van der Waals surface area contributed by atoms with Gasteiger partial charge in [-0.1, -0.05) is 11.6 Å². The molecule has 2 aromatic rings. The topological polar surface area (TPSA) is 12.0 Å². The van der Waals surface area contributed by atoms with Crippen LogP contribution in [0.5, 0.6) is 0 Å². The van der Waals surface area contributed by atoms with Crippen LogP contribution in [0.3, 0.4) is 0 Å². The lowest BCUT2D eigenvalue weighted by atomic mass is 10.1. The third-order valence-corrected chi connectivity index (χ3v) is 3.01. The van der Waals surface area contributed by atoms with Crippen LogP contribution in [-0.4, -0.2) is 0 Å². The fourth-order valence-electron chi connectivity index (χ4n) is 1.71. The summed E-state index contributed by atoms with van der Waals surface area (Å²) in [5, 5.41) is 2.71. The Morgan fingerprint density at radius 2 is 1.62 bits per heavy atom. The van der Waals surface area contributed by atoms with Gasteiger partial charge < -0.3 is 5.32 Å². The standard InChI is InChI=1S/C14H9ClF5N/c15-10-2-4-11(16)8(5-10)7-21-13-6-9(14(18,19)20)1-3-12(13)17/h1-6,21H,7H2. The molecule has 2 rings (SSSR count). The third kappa shape index (κ3) is 3.85. The van der Waals surface area contributed by atoms with E-state index in [1.807, 2.05) is 0 Å². The van der Waals surface area contributed by atoms with Crippen LogP contribution in [0.1, 0.15) is 11.1 Å². The number of nitrogens with one attached hydrogen (secondary N) is 1. The Balaban J connectivity index is 2.22. The van der Waals surface area contributed by atoms with E-state index in [4.69, 9.17) is 11.6 Å². The summed E-state index contributed by atoms with van der Waals surface area (Å²) in [5.41, 5.74) is -1.22. The molecule has 112 valence electrons. The highest BCUT2D eigenvalue weighted by atomic mass is 35.5. The normalized spacial score (nSPS) is 11.5. The molecule has 21 heavy (non-hydrogen) atoms. The van der Waals surface area contributed by atoms with E-state index in [-0.39, 0.29) is 22.8 Å². The summed E-state index contributed by atoms with van der Waals surface area (Å²) in [7, 11) is 0. The molecular weight excluding hydrogens is 313 g/mol. The van der Waals surface area contributed by atoms with Gasteiger partial charge >= 0.3 is 6.18 Å². The SMILES string of the molecule is Fc1ccc(Cl)cc1CNc1cc(C(F)(F)F)ccc1F. The van der Waals surface area contributed by atoms with E-state index in [9.17, 15) is 22.0 Å². The fourth-order valence-corrected chi connectivity index (χ4v) is 1.90. The van der Waals surface area contributed by atoms with E-state index >= 15 is 0 Å². The van der Waals surface area contributed by atoms with Crippen LogP contribution in [0.2, 0.25) is 5.02 Å². The summed E-state index contributed by atoms with van der Waals surface area (Å²) in [4.78, 5) is 0. The number of hydrogen-bond acceptors (Lipinski definition) is 1. The molecular formula is C14H9ClF5N. The maximum Gasteiger partial charge on any atom is 0.416 e. The molecule has 0 saturated carbocycles. The number of benzene rings is 2. The van der Waals surface area contributed by atoms with Crippen LogP contribution >= 0.6 is 11.6 Å². The van der Waals surface area contributed by atoms with Crippen LogP contribution in [-0.2, 0) is 12.7 Å². The van der Waals surface area contributed by atoms with Gasteiger partial charge in [-0.3, -0.25) is 0 Å². The van der Waals surface area contributed by atoms with E-state index in [1.165, 1.54) is 12.1 Å². The van der Waals surface area contributed by atoms with Crippen molar-refractivity contribution in [3.63, 3.8) is 0 Å². The predicted octanol–water partition coefficient (Wildman–Crippen LogP) is 5.25. The Bertz CT molecular complexity index is 654. The van der Waals surface area contributed by atoms with Gasteiger partial charge in [0.15, 0.2) is 0 Å². The first-order valence-electron chi connectivity index (χ1n) is 5.82. The van der Waals surface area contributed by atoms with Crippen molar-refractivity contribution in [1.29, 1.82) is 0 Å². The second kappa shape index (κ2) is 5.89. The third-order valence-electron chi connectivity index (χ3n) is 2.77. The number of rotatable bonds is 3. The first kappa shape index (κ1) is 15.6. The molecule has 7 heteroatoms. The van der Waals surface area contributed by atoms with E-state index < -0.39 is 23.4 Å². The predicted molar refractivity (Wildman–Crippen MR) is 70.1 cm³/mol. The molecule has 0 unspecified atom stereocenters. The molecule has 0 amide bonds. The molecule has 0 aliphatic rings. The summed E-state index contributed by atoms with van der Waals surface area (Å²) in [6, 6.07) is 5.76. The molecule has 1 nitrogen and oxygen atoms in total. The van der Waals surface area contributed by atoms with Gasteiger partial charge in [0.1, 0.15) is 11.6 Å². The van der Waals surface area contributed by atoms with Gasteiger partial charge in [0.2, 0.25) is 0 Å². The average molecular weight is 322 g/mol. The van der Waals surface area contributed by atoms with E-state index in [1.54, 1.807) is 0 Å². The molecule has 0 aliphatic heterocycles. The van der Waals surface area contributed by atoms with Crippen molar-refractivity contribution in [2.45, 2.75) is 12.7 Å². The van der Waals surface area contributed by atoms with Gasteiger partial charge in [-0.15, -0.1) is 0 Å². The van der Waals surface area contributed by atoms with Crippen molar-refractivity contribution in [2.24, 2.45) is 0 Å². The van der Waals surface area contributed by atoms with Gasteiger partial charge in [-0.05, 0) is 36.4 Å². The van der Waals surface area contributed by atoms with Gasteiger partial charge in [0, 0.05) is 17.1 Å². The molecule has 0 spiro atoms. The van der Waals surface area contributed by atoms with Crippen molar-refractivity contribution < 1.29 is 22.0 Å². The maximum atomic E-state index is 13.5. The van der Waals surface area contributed by atoms with Crippen LogP contribution in [0.4, 0.5) is 27.6 Å². The zero-order chi connectivity index (χ0) is 15.6. The first-order valence-corrected chi connectivity index (χ1v) is 6.20. The number of halogens is 6. The Kier molecular flexibility index (Phi) is 4.37. The molecule has 1 N–H and O–H groups in total. The number of anilines is 1. The first-order chi connectivity index (χ1) is 9.77. The van der Waals surface area contributed by atoms with Crippen molar-refractivity contribution in [3.8, 4) is 0 Å². The minimum absolute atomic E-state index is 0.124. The maximum absolute atomic E-state index is 13.5. The fraction of sp³-hybridized carbons (Fsp3) is 0.143. The molecule has 0 fully saturated rings. The lowest BCUT2D eigenvalue weighted by Gasteiger charge is -2.12. The zero-order valence-corrected chi connectivity index (χ0v) is 11.2. The second-order valence-corrected chi connectivity index (χ2v) is 4.72.